The third-order valence-electron chi connectivity index (χ3n) is 7.54. The Bertz CT molecular complexity index is 1360. The van der Waals surface area contributed by atoms with E-state index in [4.69, 9.17) is 9.72 Å². The van der Waals surface area contributed by atoms with Crippen LogP contribution < -0.4 is 25.6 Å². The van der Waals surface area contributed by atoms with Crippen molar-refractivity contribution in [2.75, 3.05) is 56.0 Å². The summed E-state index contributed by atoms with van der Waals surface area (Å²) in [5.74, 6) is 2.05. The first kappa shape index (κ1) is 26.5. The van der Waals surface area contributed by atoms with Gasteiger partial charge in [-0.2, -0.15) is 4.98 Å². The number of aryl methyl sites for hydroxylation is 1. The molecule has 0 spiro atoms. The topological polar surface area (TPSA) is 82.6 Å². The molecule has 202 valence electrons. The summed E-state index contributed by atoms with van der Waals surface area (Å²) in [5.41, 5.74) is 5.11. The van der Waals surface area contributed by atoms with E-state index in [1.807, 2.05) is 31.2 Å². The van der Waals surface area contributed by atoms with Crippen LogP contribution in [0.2, 0.25) is 0 Å². The molecule has 1 saturated heterocycles. The maximum atomic E-state index is 12.8. The molecule has 0 bridgehead atoms. The van der Waals surface area contributed by atoms with Crippen molar-refractivity contribution in [1.29, 1.82) is 0 Å². The Balaban J connectivity index is 1.40. The minimum absolute atomic E-state index is 0.123. The first-order valence-electron chi connectivity index (χ1n) is 13.4. The molecule has 2 N–H and O–H groups in total. The second-order valence-corrected chi connectivity index (χ2v) is 14.3. The highest BCUT2D eigenvalue weighted by Gasteiger charge is 2.30. The minimum atomic E-state index is -2.46. The van der Waals surface area contributed by atoms with E-state index >= 15 is 0 Å². The van der Waals surface area contributed by atoms with Gasteiger partial charge >= 0.3 is 0 Å². The van der Waals surface area contributed by atoms with Gasteiger partial charge in [0.1, 0.15) is 24.8 Å². The molecule has 0 radical (unpaired) electrons. The lowest BCUT2D eigenvalue weighted by atomic mass is 10.0. The number of ether oxygens (including phenoxy) is 1. The molecule has 5 rings (SSSR count). The van der Waals surface area contributed by atoms with Gasteiger partial charge in [0.05, 0.1) is 11.4 Å². The summed E-state index contributed by atoms with van der Waals surface area (Å²) in [6.45, 7) is 9.75. The zero-order valence-electron chi connectivity index (χ0n) is 23.3. The first-order chi connectivity index (χ1) is 18.1. The maximum Gasteiger partial charge on any atom is 0.229 e. The highest BCUT2D eigenvalue weighted by atomic mass is 31.2. The largest absolute Gasteiger partial charge is 0.488 e. The van der Waals surface area contributed by atoms with Gasteiger partial charge in [-0.05, 0) is 78.4 Å². The number of anilines is 5. The Morgan fingerprint density at radius 1 is 1.05 bits per heavy atom. The van der Waals surface area contributed by atoms with Gasteiger partial charge < -0.3 is 29.7 Å². The van der Waals surface area contributed by atoms with Crippen LogP contribution in [-0.2, 0) is 11.0 Å². The van der Waals surface area contributed by atoms with Crippen LogP contribution in [0.25, 0.3) is 0 Å². The predicted molar refractivity (Wildman–Crippen MR) is 158 cm³/mol. The third kappa shape index (κ3) is 5.52. The van der Waals surface area contributed by atoms with Gasteiger partial charge in [-0.15, -0.1) is 0 Å². The first-order valence-corrected chi connectivity index (χ1v) is 16.0. The second-order valence-electron chi connectivity index (χ2n) is 11.1. The van der Waals surface area contributed by atoms with E-state index in [2.05, 4.69) is 58.6 Å². The number of hydrogen-bond acceptors (Lipinski definition) is 8. The number of aromatic nitrogens is 2. The molecule has 2 aliphatic rings. The SMILES string of the molecule is Cc1cnc(Nc2ccc(N3CCC(N(C)C)CC3)c3c2O[C@H](C)C3)nc1Nc1ccccc1P(C)(C)=O. The van der Waals surface area contributed by atoms with Gasteiger partial charge in [-0.1, -0.05) is 12.1 Å². The Hall–Kier alpha value is -3.09. The summed E-state index contributed by atoms with van der Waals surface area (Å²) in [5, 5.41) is 7.60. The number of para-hydroxylation sites is 1. The van der Waals surface area contributed by atoms with Crippen LogP contribution in [0.15, 0.2) is 42.6 Å². The van der Waals surface area contributed by atoms with Crippen molar-refractivity contribution in [3.63, 3.8) is 0 Å². The maximum absolute atomic E-state index is 12.8. The highest BCUT2D eigenvalue weighted by Crippen LogP contribution is 2.44. The third-order valence-corrected chi connectivity index (χ3v) is 9.09. The molecule has 38 heavy (non-hydrogen) atoms. The van der Waals surface area contributed by atoms with E-state index in [-0.39, 0.29) is 6.10 Å². The van der Waals surface area contributed by atoms with Gasteiger partial charge in [0.25, 0.3) is 0 Å². The van der Waals surface area contributed by atoms with E-state index in [9.17, 15) is 4.57 Å². The van der Waals surface area contributed by atoms with Crippen molar-refractivity contribution in [3.05, 3.63) is 53.7 Å². The summed E-state index contributed by atoms with van der Waals surface area (Å²) in [6.07, 6.45) is 5.14. The summed E-state index contributed by atoms with van der Waals surface area (Å²) in [4.78, 5) is 14.2. The lowest BCUT2D eigenvalue weighted by molar-refractivity contribution is 0.249. The molecule has 8 nitrogen and oxygen atoms in total. The number of hydrogen-bond donors (Lipinski definition) is 2. The molecular formula is C29H39N6O2P. The number of piperidine rings is 1. The summed E-state index contributed by atoms with van der Waals surface area (Å²) < 4.78 is 19.1. The van der Waals surface area contributed by atoms with Crippen LogP contribution >= 0.6 is 7.14 Å². The Labute approximate surface area is 226 Å². The van der Waals surface area contributed by atoms with Crippen molar-refractivity contribution in [1.82, 2.24) is 14.9 Å². The standard InChI is InChI=1S/C29H39N6O2P/c1-19-18-30-29(33-28(19)31-23-9-7-8-10-26(23)38(5,6)36)32-24-11-12-25(22-17-20(2)37-27(22)24)35-15-13-21(14-16-35)34(3)4/h7-12,18,20-21H,13-17H2,1-6H3,(H2,30,31,32,33)/t20-/m1/s1. The molecule has 3 aromatic rings. The smallest absolute Gasteiger partial charge is 0.229 e. The number of rotatable bonds is 7. The highest BCUT2D eigenvalue weighted by molar-refractivity contribution is 7.70. The van der Waals surface area contributed by atoms with Gasteiger partial charge in [0, 0.05) is 53.9 Å². The van der Waals surface area contributed by atoms with Crippen LogP contribution in [0.3, 0.4) is 0 Å². The van der Waals surface area contributed by atoms with E-state index in [0.29, 0.717) is 17.8 Å². The molecule has 1 fully saturated rings. The fraction of sp³-hybridized carbons (Fsp3) is 0.448. The average Bonchev–Trinajstić information content (AvgIpc) is 3.28. The van der Waals surface area contributed by atoms with Crippen LogP contribution in [0.4, 0.5) is 28.8 Å². The van der Waals surface area contributed by atoms with Gasteiger partial charge in [0.15, 0.2) is 0 Å². The van der Waals surface area contributed by atoms with E-state index < -0.39 is 7.14 Å². The molecule has 3 heterocycles. The molecule has 9 heteroatoms. The van der Waals surface area contributed by atoms with E-state index in [1.54, 1.807) is 19.5 Å². The van der Waals surface area contributed by atoms with Crippen molar-refractivity contribution in [3.8, 4) is 5.75 Å². The lowest BCUT2D eigenvalue weighted by Crippen LogP contribution is -2.42. The Kier molecular flexibility index (Phi) is 7.38. The molecule has 1 aromatic heterocycles. The van der Waals surface area contributed by atoms with Crippen molar-refractivity contribution in [2.45, 2.75) is 45.3 Å². The Morgan fingerprint density at radius 2 is 1.79 bits per heavy atom. The van der Waals surface area contributed by atoms with Crippen molar-refractivity contribution >= 4 is 41.3 Å². The molecule has 0 amide bonds. The molecule has 1 atom stereocenters. The second kappa shape index (κ2) is 10.6. The minimum Gasteiger partial charge on any atom is -0.488 e. The lowest BCUT2D eigenvalue weighted by Gasteiger charge is -2.37. The summed E-state index contributed by atoms with van der Waals surface area (Å²) in [7, 11) is 1.89. The zero-order valence-corrected chi connectivity index (χ0v) is 24.2. The van der Waals surface area contributed by atoms with Gasteiger partial charge in [-0.25, -0.2) is 4.98 Å². The molecular weight excluding hydrogens is 495 g/mol. The van der Waals surface area contributed by atoms with E-state index in [0.717, 1.165) is 47.5 Å². The number of fused-ring (bicyclic) bond motifs is 1. The van der Waals surface area contributed by atoms with Crippen LogP contribution in [-0.4, -0.2) is 67.5 Å². The number of benzene rings is 2. The molecule has 0 aliphatic carbocycles. The normalized spacial score (nSPS) is 17.9. The summed E-state index contributed by atoms with van der Waals surface area (Å²) in [6, 6.07) is 12.6. The summed E-state index contributed by atoms with van der Waals surface area (Å²) >= 11 is 0. The van der Waals surface area contributed by atoms with Crippen molar-refractivity contribution in [2.24, 2.45) is 0 Å². The Morgan fingerprint density at radius 3 is 2.50 bits per heavy atom. The van der Waals surface area contributed by atoms with E-state index in [1.165, 1.54) is 24.1 Å². The fourth-order valence-electron chi connectivity index (χ4n) is 5.42. The van der Waals surface area contributed by atoms with Gasteiger partial charge in [-0.3, -0.25) is 0 Å². The molecule has 2 aliphatic heterocycles. The fourth-order valence-corrected chi connectivity index (χ4v) is 6.58. The predicted octanol–water partition coefficient (Wildman–Crippen LogP) is 5.37. The molecule has 2 aromatic carbocycles. The number of nitrogens with one attached hydrogen (secondary N) is 2. The molecule has 0 saturated carbocycles. The van der Waals surface area contributed by atoms with Crippen molar-refractivity contribution < 1.29 is 9.30 Å². The van der Waals surface area contributed by atoms with Crippen LogP contribution in [0, 0.1) is 6.92 Å². The number of nitrogens with zero attached hydrogens (tertiary/aromatic N) is 4. The monoisotopic (exact) mass is 534 g/mol. The molecule has 0 unspecified atom stereocenters. The zero-order chi connectivity index (χ0) is 27.0. The quantitative estimate of drug-likeness (QED) is 0.392. The average molecular weight is 535 g/mol. The van der Waals surface area contributed by atoms with Crippen LogP contribution in [0.1, 0.15) is 30.9 Å². The van der Waals surface area contributed by atoms with Gasteiger partial charge in [0.2, 0.25) is 5.95 Å². The van der Waals surface area contributed by atoms with Crippen LogP contribution in [0.5, 0.6) is 5.75 Å².